The quantitative estimate of drug-likeness (QED) is 0.877. The van der Waals surface area contributed by atoms with Crippen molar-refractivity contribution in [2.45, 2.75) is 11.4 Å². The number of anilines is 1. The monoisotopic (exact) mass is 305 g/mol. The summed E-state index contributed by atoms with van der Waals surface area (Å²) in [4.78, 5) is 16.0. The maximum absolute atomic E-state index is 11.9. The van der Waals surface area contributed by atoms with E-state index in [9.17, 15) is 13.2 Å². The van der Waals surface area contributed by atoms with Gasteiger partial charge in [-0.25, -0.2) is 13.4 Å². The Morgan fingerprint density at radius 1 is 1.24 bits per heavy atom. The van der Waals surface area contributed by atoms with Crippen molar-refractivity contribution in [3.63, 3.8) is 0 Å². The van der Waals surface area contributed by atoms with Gasteiger partial charge in [0, 0.05) is 24.6 Å². The van der Waals surface area contributed by atoms with E-state index in [1.807, 2.05) is 0 Å². The lowest BCUT2D eigenvalue weighted by Gasteiger charge is -2.06. The van der Waals surface area contributed by atoms with E-state index in [1.165, 1.54) is 24.4 Å². The minimum atomic E-state index is -3.21. The van der Waals surface area contributed by atoms with Gasteiger partial charge in [0.25, 0.3) is 5.91 Å². The second kappa shape index (κ2) is 5.92. The van der Waals surface area contributed by atoms with Crippen LogP contribution in [-0.2, 0) is 16.4 Å². The van der Waals surface area contributed by atoms with Crippen molar-refractivity contribution >= 4 is 21.6 Å². The van der Waals surface area contributed by atoms with Crippen molar-refractivity contribution in [1.29, 1.82) is 0 Å². The first-order chi connectivity index (χ1) is 9.86. The van der Waals surface area contributed by atoms with Crippen LogP contribution >= 0.6 is 0 Å². The van der Waals surface area contributed by atoms with E-state index in [-0.39, 0.29) is 16.6 Å². The number of nitrogen functional groups attached to an aromatic ring is 1. The number of aromatic nitrogens is 1. The summed E-state index contributed by atoms with van der Waals surface area (Å²) < 4.78 is 22.7. The Kier molecular flexibility index (Phi) is 4.23. The molecule has 1 aromatic heterocycles. The number of pyridine rings is 1. The third-order valence-corrected chi connectivity index (χ3v) is 3.98. The van der Waals surface area contributed by atoms with E-state index in [4.69, 9.17) is 5.73 Å². The van der Waals surface area contributed by atoms with E-state index in [0.717, 1.165) is 11.8 Å². The Morgan fingerprint density at radius 3 is 2.48 bits per heavy atom. The third-order valence-electron chi connectivity index (χ3n) is 2.85. The summed E-state index contributed by atoms with van der Waals surface area (Å²) in [5.74, 6) is 0.0106. The Labute approximate surface area is 122 Å². The Balaban J connectivity index is 2.02. The highest BCUT2D eigenvalue weighted by molar-refractivity contribution is 7.90. The molecule has 0 saturated heterocycles. The molecule has 0 aliphatic rings. The molecule has 0 unspecified atom stereocenters. The highest BCUT2D eigenvalue weighted by Gasteiger charge is 2.08. The molecule has 6 nitrogen and oxygen atoms in total. The molecule has 1 amide bonds. The highest BCUT2D eigenvalue weighted by atomic mass is 32.2. The Bertz CT molecular complexity index is 755. The molecule has 1 heterocycles. The molecule has 1 aromatic carbocycles. The lowest BCUT2D eigenvalue weighted by molar-refractivity contribution is 0.0951. The van der Waals surface area contributed by atoms with Gasteiger partial charge >= 0.3 is 0 Å². The molecule has 0 saturated carbocycles. The largest absolute Gasteiger partial charge is 0.384 e. The third kappa shape index (κ3) is 4.03. The van der Waals surface area contributed by atoms with Crippen LogP contribution in [0.15, 0.2) is 47.5 Å². The van der Waals surface area contributed by atoms with Gasteiger partial charge in [-0.05, 0) is 29.8 Å². The highest BCUT2D eigenvalue weighted by Crippen LogP contribution is 2.10. The molecule has 3 N–H and O–H groups in total. The summed E-state index contributed by atoms with van der Waals surface area (Å²) in [5.41, 5.74) is 6.74. The number of carbonyl (C=O) groups excluding carboxylic acids is 1. The van der Waals surface area contributed by atoms with Crippen LogP contribution in [0.1, 0.15) is 15.9 Å². The van der Waals surface area contributed by atoms with Gasteiger partial charge < -0.3 is 11.1 Å². The van der Waals surface area contributed by atoms with Crippen molar-refractivity contribution in [1.82, 2.24) is 10.3 Å². The molecule has 7 heteroatoms. The number of nitrogens with zero attached hydrogens (tertiary/aromatic N) is 1. The fourth-order valence-corrected chi connectivity index (χ4v) is 2.36. The minimum Gasteiger partial charge on any atom is -0.384 e. The standard InChI is InChI=1S/C14H15N3O3S/c1-21(19,20)12-4-2-10(3-5-12)9-17-14(18)11-6-7-16-13(15)8-11/h2-8H,9H2,1H3,(H2,15,16)(H,17,18). The minimum absolute atomic E-state index is 0.250. The van der Waals surface area contributed by atoms with Crippen LogP contribution in [0, 0.1) is 0 Å². The predicted molar refractivity (Wildman–Crippen MR) is 79.4 cm³/mol. The number of nitrogens with two attached hydrogens (primary N) is 1. The van der Waals surface area contributed by atoms with E-state index in [0.29, 0.717) is 12.1 Å². The zero-order chi connectivity index (χ0) is 15.5. The van der Waals surface area contributed by atoms with Crippen LogP contribution in [-0.4, -0.2) is 25.6 Å². The normalized spacial score (nSPS) is 11.1. The van der Waals surface area contributed by atoms with Gasteiger partial charge in [-0.15, -0.1) is 0 Å². The van der Waals surface area contributed by atoms with Gasteiger partial charge in [0.2, 0.25) is 0 Å². The number of amides is 1. The fourth-order valence-electron chi connectivity index (χ4n) is 1.73. The van der Waals surface area contributed by atoms with Crippen LogP contribution in [0.5, 0.6) is 0 Å². The van der Waals surface area contributed by atoms with Crippen LogP contribution in [0.4, 0.5) is 5.82 Å². The number of rotatable bonds is 4. The van der Waals surface area contributed by atoms with Gasteiger partial charge in [-0.2, -0.15) is 0 Å². The molecule has 0 spiro atoms. The van der Waals surface area contributed by atoms with Gasteiger partial charge in [0.15, 0.2) is 9.84 Å². The number of benzene rings is 1. The number of hydrogen-bond acceptors (Lipinski definition) is 5. The smallest absolute Gasteiger partial charge is 0.251 e. The molecular weight excluding hydrogens is 290 g/mol. The van der Waals surface area contributed by atoms with Crippen molar-refractivity contribution in [3.05, 3.63) is 53.7 Å². The summed E-state index contributed by atoms with van der Waals surface area (Å²) in [5, 5.41) is 2.73. The van der Waals surface area contributed by atoms with Crippen LogP contribution < -0.4 is 11.1 Å². The molecule has 0 bridgehead atoms. The van der Waals surface area contributed by atoms with Gasteiger partial charge in [0.1, 0.15) is 5.82 Å². The predicted octanol–water partition coefficient (Wildman–Crippen LogP) is 0.997. The molecule has 2 rings (SSSR count). The van der Waals surface area contributed by atoms with Crippen molar-refractivity contribution in [2.24, 2.45) is 0 Å². The number of hydrogen-bond donors (Lipinski definition) is 2. The second-order valence-electron chi connectivity index (χ2n) is 4.57. The summed E-state index contributed by atoms with van der Waals surface area (Å²) in [7, 11) is -3.21. The topological polar surface area (TPSA) is 102 Å². The average Bonchev–Trinajstić information content (AvgIpc) is 2.44. The summed E-state index contributed by atoms with van der Waals surface area (Å²) in [6.45, 7) is 0.297. The number of carbonyl (C=O) groups is 1. The van der Waals surface area contributed by atoms with Crippen LogP contribution in [0.3, 0.4) is 0 Å². The van der Waals surface area contributed by atoms with Crippen molar-refractivity contribution in [2.75, 3.05) is 12.0 Å². The fraction of sp³-hybridized carbons (Fsp3) is 0.143. The van der Waals surface area contributed by atoms with Crippen molar-refractivity contribution in [3.8, 4) is 0 Å². The summed E-state index contributed by atoms with van der Waals surface area (Å²) in [6, 6.07) is 9.41. The second-order valence-corrected chi connectivity index (χ2v) is 6.58. The first kappa shape index (κ1) is 15.0. The maximum atomic E-state index is 11.9. The number of nitrogens with one attached hydrogen (secondary N) is 1. The van der Waals surface area contributed by atoms with Gasteiger partial charge in [0.05, 0.1) is 4.90 Å². The van der Waals surface area contributed by atoms with Crippen LogP contribution in [0.2, 0.25) is 0 Å². The molecule has 0 aliphatic carbocycles. The first-order valence-corrected chi connectivity index (χ1v) is 8.04. The summed E-state index contributed by atoms with van der Waals surface area (Å²) >= 11 is 0. The van der Waals surface area contributed by atoms with E-state index in [1.54, 1.807) is 18.2 Å². The molecule has 110 valence electrons. The Morgan fingerprint density at radius 2 is 1.90 bits per heavy atom. The molecule has 0 fully saturated rings. The van der Waals surface area contributed by atoms with Gasteiger partial charge in [-0.3, -0.25) is 4.79 Å². The SMILES string of the molecule is CS(=O)(=O)c1ccc(CNC(=O)c2ccnc(N)c2)cc1. The van der Waals surface area contributed by atoms with Gasteiger partial charge in [-0.1, -0.05) is 12.1 Å². The first-order valence-electron chi connectivity index (χ1n) is 6.15. The van der Waals surface area contributed by atoms with E-state index in [2.05, 4.69) is 10.3 Å². The molecule has 0 aliphatic heterocycles. The maximum Gasteiger partial charge on any atom is 0.251 e. The molecule has 2 aromatic rings. The van der Waals surface area contributed by atoms with Crippen LogP contribution in [0.25, 0.3) is 0 Å². The molecule has 0 radical (unpaired) electrons. The van der Waals surface area contributed by atoms with E-state index >= 15 is 0 Å². The van der Waals surface area contributed by atoms with Crippen molar-refractivity contribution < 1.29 is 13.2 Å². The lowest BCUT2D eigenvalue weighted by Crippen LogP contribution is -2.23. The molecular formula is C14H15N3O3S. The zero-order valence-electron chi connectivity index (χ0n) is 11.4. The molecule has 0 atom stereocenters. The van der Waals surface area contributed by atoms with E-state index < -0.39 is 9.84 Å². The average molecular weight is 305 g/mol. The molecule has 21 heavy (non-hydrogen) atoms. The Hall–Kier alpha value is -2.41. The zero-order valence-corrected chi connectivity index (χ0v) is 12.2. The summed E-state index contributed by atoms with van der Waals surface area (Å²) in [6.07, 6.45) is 2.61. The lowest BCUT2D eigenvalue weighted by atomic mass is 10.2. The number of sulfone groups is 1.